The van der Waals surface area contributed by atoms with E-state index >= 15 is 0 Å². The summed E-state index contributed by atoms with van der Waals surface area (Å²) >= 11 is 0. The highest BCUT2D eigenvalue weighted by atomic mass is 32.3. The minimum atomic E-state index is -5.38. The van der Waals surface area contributed by atoms with Crippen LogP contribution in [0, 0.1) is 0 Å². The third kappa shape index (κ3) is 3.10. The molecule has 0 spiro atoms. The Hall–Kier alpha value is -1.38. The van der Waals surface area contributed by atoms with E-state index in [0.717, 1.165) is 6.08 Å². The van der Waals surface area contributed by atoms with Crippen LogP contribution >= 0.6 is 0 Å². The zero-order valence-electron chi connectivity index (χ0n) is 12.3. The van der Waals surface area contributed by atoms with Crippen molar-refractivity contribution in [2.75, 3.05) is 0 Å². The molecule has 0 atom stereocenters. The first-order valence-corrected chi connectivity index (χ1v) is 9.41. The molecule has 2 rings (SSSR count). The van der Waals surface area contributed by atoms with Crippen molar-refractivity contribution in [3.63, 3.8) is 0 Å². The van der Waals surface area contributed by atoms with Gasteiger partial charge in [-0.05, 0) is 17.7 Å². The van der Waals surface area contributed by atoms with E-state index < -0.39 is 47.6 Å². The topological polar surface area (TPSA) is 213 Å². The van der Waals surface area contributed by atoms with Gasteiger partial charge in [0.15, 0.2) is 0 Å². The third-order valence-electron chi connectivity index (χ3n) is 3.76. The highest BCUT2D eigenvalue weighted by Gasteiger charge is 2.61. The van der Waals surface area contributed by atoms with E-state index in [-0.39, 0.29) is 5.57 Å². The molecule has 134 valence electrons. The summed E-state index contributed by atoms with van der Waals surface area (Å²) in [6.45, 7) is 0. The fourth-order valence-corrected chi connectivity index (χ4v) is 5.45. The molecule has 2 aliphatic carbocycles. The van der Waals surface area contributed by atoms with Crippen molar-refractivity contribution in [1.29, 1.82) is 0 Å². The molecule has 0 fully saturated rings. The molecule has 24 heavy (non-hydrogen) atoms. The lowest BCUT2D eigenvalue weighted by molar-refractivity contribution is 0.389. The molecule has 0 radical (unpaired) electrons. The van der Waals surface area contributed by atoms with Gasteiger partial charge in [-0.2, -0.15) is 16.8 Å². The maximum atomic E-state index is 12.0. The van der Waals surface area contributed by atoms with Crippen molar-refractivity contribution < 1.29 is 25.9 Å². The predicted octanol–water partition coefficient (Wildman–Crippen LogP) is -1.93. The standard InChI is InChI=1S/C12H18N4O6S2/c13-10(14)4-1-8(2-5-10)9-3-6-11(15,16)7-12(9,23(17,18)19)24(20,21)22/h1-6H,7,13-16H2,(H,17,18,19)(H,20,21,22). The molecule has 0 amide bonds. The molecule has 0 unspecified atom stereocenters. The van der Waals surface area contributed by atoms with Crippen molar-refractivity contribution in [3.05, 3.63) is 47.6 Å². The summed E-state index contributed by atoms with van der Waals surface area (Å²) < 4.78 is 63.9. The maximum absolute atomic E-state index is 12.0. The molecule has 0 saturated carbocycles. The molecule has 2 aliphatic rings. The predicted molar refractivity (Wildman–Crippen MR) is 87.1 cm³/mol. The van der Waals surface area contributed by atoms with Gasteiger partial charge in [-0.15, -0.1) is 0 Å². The molecular formula is C12H18N4O6S2. The smallest absolute Gasteiger partial charge is 0.292 e. The van der Waals surface area contributed by atoms with Gasteiger partial charge < -0.3 is 22.9 Å². The van der Waals surface area contributed by atoms with Crippen molar-refractivity contribution in [3.8, 4) is 0 Å². The Bertz CT molecular complexity index is 844. The van der Waals surface area contributed by atoms with Crippen LogP contribution < -0.4 is 22.9 Å². The van der Waals surface area contributed by atoms with E-state index in [4.69, 9.17) is 22.9 Å². The fourth-order valence-electron chi connectivity index (χ4n) is 2.59. The van der Waals surface area contributed by atoms with Gasteiger partial charge in [0.05, 0.1) is 5.66 Å². The Kier molecular flexibility index (Phi) is 4.19. The lowest BCUT2D eigenvalue weighted by Gasteiger charge is -2.39. The average Bonchev–Trinajstić information content (AvgIpc) is 2.35. The summed E-state index contributed by atoms with van der Waals surface area (Å²) in [5, 5.41) is 0. The van der Waals surface area contributed by atoms with Gasteiger partial charge in [0, 0.05) is 12.0 Å². The molecule has 0 saturated heterocycles. The van der Waals surface area contributed by atoms with Gasteiger partial charge in [0.1, 0.15) is 5.66 Å². The van der Waals surface area contributed by atoms with Crippen molar-refractivity contribution in [2.45, 2.75) is 21.8 Å². The second-order valence-electron chi connectivity index (χ2n) is 5.86. The van der Waals surface area contributed by atoms with Crippen LogP contribution in [0.1, 0.15) is 6.42 Å². The van der Waals surface area contributed by atoms with Gasteiger partial charge in [0.2, 0.25) is 0 Å². The Morgan fingerprint density at radius 2 is 1.29 bits per heavy atom. The first kappa shape index (κ1) is 19.0. The lowest BCUT2D eigenvalue weighted by Crippen LogP contribution is -2.61. The van der Waals surface area contributed by atoms with Crippen LogP contribution in [-0.2, 0) is 20.2 Å². The largest absolute Gasteiger partial charge is 0.310 e. The summed E-state index contributed by atoms with van der Waals surface area (Å²) in [5.41, 5.74) is 18.9. The Morgan fingerprint density at radius 1 is 0.833 bits per heavy atom. The van der Waals surface area contributed by atoms with E-state index in [9.17, 15) is 25.9 Å². The van der Waals surface area contributed by atoms with E-state index in [1.54, 1.807) is 0 Å². The highest BCUT2D eigenvalue weighted by Crippen LogP contribution is 2.43. The summed E-state index contributed by atoms with van der Waals surface area (Å²) in [6, 6.07) is 0. The quantitative estimate of drug-likeness (QED) is 0.231. The maximum Gasteiger partial charge on any atom is 0.292 e. The number of rotatable bonds is 2. The molecular weight excluding hydrogens is 360 g/mol. The van der Waals surface area contributed by atoms with Gasteiger partial charge in [-0.1, -0.05) is 24.3 Å². The Labute approximate surface area is 139 Å². The van der Waals surface area contributed by atoms with Crippen molar-refractivity contribution in [2.24, 2.45) is 22.9 Å². The SMILES string of the molecule is NC1(N)C=CC(=C2C=CC(N)(N)CC2(S(=O)(=O)O)S(=O)(=O)O)C=C1. The molecule has 0 aromatic heterocycles. The van der Waals surface area contributed by atoms with Gasteiger partial charge in [-0.25, -0.2) is 0 Å². The Balaban J connectivity index is 2.90. The lowest BCUT2D eigenvalue weighted by atomic mass is 9.87. The second kappa shape index (κ2) is 5.31. The van der Waals surface area contributed by atoms with Crippen LogP contribution in [0.2, 0.25) is 0 Å². The number of allylic oxidation sites excluding steroid dienone is 4. The number of hydrogen-bond acceptors (Lipinski definition) is 8. The molecule has 0 aromatic rings. The van der Waals surface area contributed by atoms with Crippen LogP contribution in [0.4, 0.5) is 0 Å². The molecule has 10 N–H and O–H groups in total. The normalized spacial score (nSPS) is 25.1. The monoisotopic (exact) mass is 378 g/mol. The molecule has 0 aliphatic heterocycles. The van der Waals surface area contributed by atoms with Crippen LogP contribution in [0.25, 0.3) is 0 Å². The van der Waals surface area contributed by atoms with E-state index in [1.165, 1.54) is 30.4 Å². The second-order valence-corrected chi connectivity index (χ2v) is 9.41. The first-order valence-electron chi connectivity index (χ1n) is 6.53. The van der Waals surface area contributed by atoms with E-state index in [1.807, 2.05) is 0 Å². The first-order chi connectivity index (χ1) is 10.6. The molecule has 0 heterocycles. The van der Waals surface area contributed by atoms with Crippen LogP contribution in [0.15, 0.2) is 47.6 Å². The number of hydrogen-bond donors (Lipinski definition) is 6. The van der Waals surface area contributed by atoms with Crippen LogP contribution in [0.3, 0.4) is 0 Å². The van der Waals surface area contributed by atoms with Crippen molar-refractivity contribution in [1.82, 2.24) is 0 Å². The van der Waals surface area contributed by atoms with Gasteiger partial charge >= 0.3 is 0 Å². The molecule has 0 aromatic carbocycles. The van der Waals surface area contributed by atoms with Gasteiger partial charge in [-0.3, -0.25) is 9.11 Å². The Morgan fingerprint density at radius 3 is 1.71 bits per heavy atom. The minimum absolute atomic E-state index is 0.0449. The molecule has 0 bridgehead atoms. The summed E-state index contributed by atoms with van der Waals surface area (Å²) in [7, 11) is -10.8. The summed E-state index contributed by atoms with van der Waals surface area (Å²) in [4.78, 5) is 0. The van der Waals surface area contributed by atoms with Crippen LogP contribution in [0.5, 0.6) is 0 Å². The van der Waals surface area contributed by atoms with Gasteiger partial charge in [0.25, 0.3) is 24.3 Å². The van der Waals surface area contributed by atoms with Crippen LogP contribution in [-0.4, -0.2) is 41.3 Å². The summed E-state index contributed by atoms with van der Waals surface area (Å²) in [6.07, 6.45) is 6.30. The van der Waals surface area contributed by atoms with E-state index in [2.05, 4.69) is 0 Å². The zero-order chi connectivity index (χ0) is 18.6. The molecule has 12 heteroatoms. The minimum Gasteiger partial charge on any atom is -0.310 e. The van der Waals surface area contributed by atoms with Crippen molar-refractivity contribution >= 4 is 20.2 Å². The fraction of sp³-hybridized carbons (Fsp3) is 0.333. The highest BCUT2D eigenvalue weighted by molar-refractivity contribution is 8.05. The molecule has 10 nitrogen and oxygen atoms in total. The number of nitrogens with two attached hydrogens (primary N) is 4. The average molecular weight is 378 g/mol. The van der Waals surface area contributed by atoms with E-state index in [0.29, 0.717) is 0 Å². The third-order valence-corrected chi connectivity index (χ3v) is 7.42. The zero-order valence-corrected chi connectivity index (χ0v) is 14.0. The summed E-state index contributed by atoms with van der Waals surface area (Å²) in [5.74, 6) is 0.